The van der Waals surface area contributed by atoms with E-state index in [1.165, 1.54) is 0 Å². The largest absolute Gasteiger partial charge is 0.394 e. The van der Waals surface area contributed by atoms with Gasteiger partial charge in [-0.15, -0.1) is 0 Å². The maximum Gasteiger partial charge on any atom is 0.187 e. The average Bonchev–Trinajstić information content (AvgIpc) is 2.17. The lowest BCUT2D eigenvalue weighted by Gasteiger charge is -2.41. The highest BCUT2D eigenvalue weighted by Gasteiger charge is 2.45. The Morgan fingerprint density at radius 1 is 1.06 bits per heavy atom. The molecule has 1 aliphatic rings. The summed E-state index contributed by atoms with van der Waals surface area (Å²) in [5.74, 6) is 0. The van der Waals surface area contributed by atoms with Crippen LogP contribution in [0.15, 0.2) is 0 Å². The molecule has 1 fully saturated rings. The molecule has 0 aliphatic carbocycles. The molecule has 6 nitrogen and oxygen atoms in total. The van der Waals surface area contributed by atoms with E-state index >= 15 is 0 Å². The average molecular weight is 252 g/mol. The van der Waals surface area contributed by atoms with E-state index in [4.69, 9.17) is 14.3 Å². The summed E-state index contributed by atoms with van der Waals surface area (Å²) in [5.41, 5.74) is 0. The fourth-order valence-corrected chi connectivity index (χ4v) is 2.41. The minimum Gasteiger partial charge on any atom is -0.394 e. The lowest BCUT2D eigenvalue weighted by molar-refractivity contribution is -0.280. The van der Waals surface area contributed by atoms with Crippen molar-refractivity contribution in [1.29, 1.82) is 0 Å². The third-order valence-electron chi connectivity index (χ3n) is 2.32. The zero-order valence-corrected chi connectivity index (χ0v) is 10.7. The van der Waals surface area contributed by atoms with Gasteiger partial charge >= 0.3 is 0 Å². The summed E-state index contributed by atoms with van der Waals surface area (Å²) in [4.78, 5) is 0. The summed E-state index contributed by atoms with van der Waals surface area (Å²) in [6.45, 7) is 5.30. The molecular formula is C9H20O6Si. The molecule has 0 bridgehead atoms. The second-order valence-electron chi connectivity index (χ2n) is 4.93. The van der Waals surface area contributed by atoms with Crippen LogP contribution in [0.2, 0.25) is 19.6 Å². The molecule has 5 atom stereocenters. The molecule has 1 saturated heterocycles. The van der Waals surface area contributed by atoms with E-state index in [2.05, 4.69) is 0 Å². The molecule has 1 unspecified atom stereocenters. The van der Waals surface area contributed by atoms with E-state index in [0.717, 1.165) is 0 Å². The molecule has 0 aromatic rings. The van der Waals surface area contributed by atoms with E-state index in [-0.39, 0.29) is 0 Å². The van der Waals surface area contributed by atoms with Crippen LogP contribution in [0.4, 0.5) is 0 Å². The fourth-order valence-electron chi connectivity index (χ4n) is 1.51. The van der Waals surface area contributed by atoms with Gasteiger partial charge in [0.05, 0.1) is 6.61 Å². The molecule has 96 valence electrons. The summed E-state index contributed by atoms with van der Waals surface area (Å²) in [5, 5.41) is 37.7. The number of aliphatic hydroxyl groups excluding tert-OH is 4. The molecule has 0 aromatic heterocycles. The molecule has 0 amide bonds. The van der Waals surface area contributed by atoms with Crippen molar-refractivity contribution in [2.24, 2.45) is 0 Å². The Kier molecular flexibility index (Phi) is 4.47. The molecule has 1 heterocycles. The van der Waals surface area contributed by atoms with Crippen LogP contribution < -0.4 is 0 Å². The van der Waals surface area contributed by atoms with E-state index < -0.39 is 45.6 Å². The summed E-state index contributed by atoms with van der Waals surface area (Å²) < 4.78 is 10.7. The minimum absolute atomic E-state index is 0.434. The molecule has 0 saturated carbocycles. The van der Waals surface area contributed by atoms with Crippen molar-refractivity contribution in [3.63, 3.8) is 0 Å². The monoisotopic (exact) mass is 252 g/mol. The van der Waals surface area contributed by atoms with Gasteiger partial charge in [0.2, 0.25) is 0 Å². The van der Waals surface area contributed by atoms with Gasteiger partial charge in [0, 0.05) is 0 Å². The first-order valence-corrected chi connectivity index (χ1v) is 8.65. The van der Waals surface area contributed by atoms with E-state index in [9.17, 15) is 15.3 Å². The Hall–Kier alpha value is -0.0231. The predicted octanol–water partition coefficient (Wildman–Crippen LogP) is -1.36. The van der Waals surface area contributed by atoms with Crippen LogP contribution in [0.5, 0.6) is 0 Å². The molecule has 1 rings (SSSR count). The first kappa shape index (κ1) is 14.0. The fraction of sp³-hybridized carbons (Fsp3) is 1.00. The second-order valence-corrected chi connectivity index (χ2v) is 9.39. The number of hydrogen-bond donors (Lipinski definition) is 4. The third kappa shape index (κ3) is 3.23. The first-order valence-electron chi connectivity index (χ1n) is 5.24. The van der Waals surface area contributed by atoms with Gasteiger partial charge in [-0.2, -0.15) is 0 Å². The van der Waals surface area contributed by atoms with Gasteiger partial charge in [-0.3, -0.25) is 0 Å². The van der Waals surface area contributed by atoms with Crippen molar-refractivity contribution >= 4 is 8.32 Å². The van der Waals surface area contributed by atoms with Crippen molar-refractivity contribution in [3.05, 3.63) is 0 Å². The maximum absolute atomic E-state index is 9.67. The van der Waals surface area contributed by atoms with Crippen LogP contribution in [0, 0.1) is 0 Å². The molecule has 4 N–H and O–H groups in total. The second kappa shape index (κ2) is 5.09. The zero-order valence-electron chi connectivity index (χ0n) is 9.70. The highest BCUT2D eigenvalue weighted by Crippen LogP contribution is 2.24. The molecule has 1 aliphatic heterocycles. The van der Waals surface area contributed by atoms with E-state index in [1.807, 2.05) is 19.6 Å². The van der Waals surface area contributed by atoms with Crippen molar-refractivity contribution < 1.29 is 29.6 Å². The maximum atomic E-state index is 9.67. The van der Waals surface area contributed by atoms with Gasteiger partial charge in [-0.1, -0.05) is 0 Å². The molecule has 16 heavy (non-hydrogen) atoms. The van der Waals surface area contributed by atoms with Gasteiger partial charge in [0.25, 0.3) is 0 Å². The molecule has 0 radical (unpaired) electrons. The Bertz CT molecular complexity index is 229. The van der Waals surface area contributed by atoms with Crippen molar-refractivity contribution in [2.45, 2.75) is 50.3 Å². The molecule has 0 aromatic carbocycles. The number of hydrogen-bond acceptors (Lipinski definition) is 6. The highest BCUT2D eigenvalue weighted by molar-refractivity contribution is 6.69. The van der Waals surface area contributed by atoms with Crippen molar-refractivity contribution in [2.75, 3.05) is 6.61 Å². The molecule has 7 heteroatoms. The van der Waals surface area contributed by atoms with Crippen LogP contribution >= 0.6 is 0 Å². The first-order chi connectivity index (χ1) is 7.26. The smallest absolute Gasteiger partial charge is 0.187 e. The topological polar surface area (TPSA) is 99.4 Å². The van der Waals surface area contributed by atoms with Gasteiger partial charge in [0.15, 0.2) is 14.6 Å². The van der Waals surface area contributed by atoms with Crippen molar-refractivity contribution in [3.8, 4) is 0 Å². The van der Waals surface area contributed by atoms with E-state index in [0.29, 0.717) is 0 Å². The summed E-state index contributed by atoms with van der Waals surface area (Å²) in [6, 6.07) is 0. The lowest BCUT2D eigenvalue weighted by atomic mass is 10.00. The minimum atomic E-state index is -1.94. The standard InChI is InChI=1S/C9H20O6Si/c1-16(2,3)15-9-8(13)7(12)6(11)5(4-10)14-9/h5-13H,4H2,1-3H3/t5-,6-,7+,8-,9?/m1/s1. The van der Waals surface area contributed by atoms with E-state index in [1.54, 1.807) is 0 Å². The number of aliphatic hydroxyl groups is 4. The summed E-state index contributed by atoms with van der Waals surface area (Å²) >= 11 is 0. The quantitative estimate of drug-likeness (QED) is 0.463. The Labute approximate surface area is 95.6 Å². The van der Waals surface area contributed by atoms with Gasteiger partial charge in [-0.05, 0) is 19.6 Å². The lowest BCUT2D eigenvalue weighted by Crippen LogP contribution is -2.60. The van der Waals surface area contributed by atoms with Crippen molar-refractivity contribution in [1.82, 2.24) is 0 Å². The predicted molar refractivity (Wildman–Crippen MR) is 58.2 cm³/mol. The Balaban J connectivity index is 2.71. The Morgan fingerprint density at radius 3 is 2.06 bits per heavy atom. The van der Waals surface area contributed by atoms with Gasteiger partial charge < -0.3 is 29.6 Å². The molecular weight excluding hydrogens is 232 g/mol. The summed E-state index contributed by atoms with van der Waals surface area (Å²) in [7, 11) is -1.94. The number of rotatable bonds is 3. The van der Waals surface area contributed by atoms with Crippen LogP contribution in [0.1, 0.15) is 0 Å². The Morgan fingerprint density at radius 2 is 1.62 bits per heavy atom. The normalized spacial score (nSPS) is 41.1. The van der Waals surface area contributed by atoms with Gasteiger partial charge in [0.1, 0.15) is 24.4 Å². The van der Waals surface area contributed by atoms with Crippen LogP contribution in [-0.2, 0) is 9.16 Å². The molecule has 0 spiro atoms. The SMILES string of the molecule is C[Si](C)(C)OC1O[C@H](CO)[C@@H](O)[C@H](O)[C@H]1O. The zero-order chi connectivity index (χ0) is 12.5. The van der Waals surface area contributed by atoms with Crippen LogP contribution in [0.3, 0.4) is 0 Å². The summed E-state index contributed by atoms with van der Waals surface area (Å²) in [6.07, 6.45) is -5.90. The number of ether oxygens (including phenoxy) is 1. The van der Waals surface area contributed by atoms with Crippen LogP contribution in [-0.4, -0.2) is 66.1 Å². The van der Waals surface area contributed by atoms with Gasteiger partial charge in [-0.25, -0.2) is 0 Å². The van der Waals surface area contributed by atoms with Crippen LogP contribution in [0.25, 0.3) is 0 Å². The highest BCUT2D eigenvalue weighted by atomic mass is 28.4. The third-order valence-corrected chi connectivity index (χ3v) is 3.26.